The first kappa shape index (κ1) is 13.1. The average Bonchev–Trinajstić information content (AvgIpc) is 2.89. The number of para-hydroxylation sites is 1. The number of fused-ring (bicyclic) bond motifs is 1. The number of nitrogens with zero attached hydrogens (tertiary/aromatic N) is 1. The molecular weight excluding hydrogens is 266 g/mol. The number of aromatic nitrogens is 1. The molecule has 2 aromatic heterocycles. The normalized spacial score (nSPS) is 11.3. The van der Waals surface area contributed by atoms with Crippen LogP contribution in [0.25, 0.3) is 17.0 Å². The van der Waals surface area contributed by atoms with E-state index >= 15 is 0 Å². The standard InChI is InChI=1S/C17H13NO3/c1-18-10-4-6-13(18)8-9-15(19)14-11-12-5-2-3-7-16(12)21-17(14)20/h2-11H,1H3/b9-8+. The van der Waals surface area contributed by atoms with E-state index in [4.69, 9.17) is 4.42 Å². The van der Waals surface area contributed by atoms with E-state index in [0.717, 1.165) is 11.1 Å². The Labute approximate surface area is 120 Å². The number of aryl methyl sites for hydroxylation is 1. The molecule has 104 valence electrons. The maximum absolute atomic E-state index is 12.2. The first-order valence-corrected chi connectivity index (χ1v) is 6.52. The number of carbonyl (C=O) groups is 1. The van der Waals surface area contributed by atoms with Crippen LogP contribution in [0, 0.1) is 0 Å². The SMILES string of the molecule is Cn1cccc1/C=C/C(=O)c1cc2ccccc2oc1=O. The van der Waals surface area contributed by atoms with Crippen molar-refractivity contribution in [3.8, 4) is 0 Å². The van der Waals surface area contributed by atoms with Crippen molar-refractivity contribution in [1.82, 2.24) is 4.57 Å². The Hall–Kier alpha value is -2.88. The Bertz CT molecular complexity index is 900. The fourth-order valence-corrected chi connectivity index (χ4v) is 2.13. The van der Waals surface area contributed by atoms with E-state index in [1.165, 1.54) is 6.08 Å². The molecule has 0 atom stereocenters. The minimum absolute atomic E-state index is 0.0409. The molecular formula is C17H13NO3. The summed E-state index contributed by atoms with van der Waals surface area (Å²) in [5.74, 6) is -0.365. The summed E-state index contributed by atoms with van der Waals surface area (Å²) in [5.41, 5.74) is 0.786. The van der Waals surface area contributed by atoms with Crippen LogP contribution in [-0.2, 0) is 7.05 Å². The summed E-state index contributed by atoms with van der Waals surface area (Å²) < 4.78 is 7.04. The van der Waals surface area contributed by atoms with Gasteiger partial charge < -0.3 is 8.98 Å². The van der Waals surface area contributed by atoms with Crippen LogP contribution in [0.1, 0.15) is 16.1 Å². The van der Waals surface area contributed by atoms with E-state index in [1.807, 2.05) is 36.0 Å². The largest absolute Gasteiger partial charge is 0.422 e. The molecule has 21 heavy (non-hydrogen) atoms. The van der Waals surface area contributed by atoms with Gasteiger partial charge in [0.2, 0.25) is 0 Å². The monoisotopic (exact) mass is 279 g/mol. The minimum Gasteiger partial charge on any atom is -0.422 e. The van der Waals surface area contributed by atoms with Crippen molar-refractivity contribution in [2.75, 3.05) is 0 Å². The van der Waals surface area contributed by atoms with Gasteiger partial charge in [-0.15, -0.1) is 0 Å². The van der Waals surface area contributed by atoms with E-state index < -0.39 is 5.63 Å². The molecule has 4 nitrogen and oxygen atoms in total. The predicted molar refractivity (Wildman–Crippen MR) is 81.3 cm³/mol. The maximum atomic E-state index is 12.2. The molecule has 0 fully saturated rings. The van der Waals surface area contributed by atoms with Gasteiger partial charge in [0.25, 0.3) is 0 Å². The zero-order valence-electron chi connectivity index (χ0n) is 11.4. The molecule has 0 saturated carbocycles. The van der Waals surface area contributed by atoms with Gasteiger partial charge in [-0.3, -0.25) is 4.79 Å². The lowest BCUT2D eigenvalue weighted by atomic mass is 10.1. The predicted octanol–water partition coefficient (Wildman–Crippen LogP) is 3.03. The number of hydrogen-bond acceptors (Lipinski definition) is 3. The zero-order valence-corrected chi connectivity index (χ0v) is 11.4. The van der Waals surface area contributed by atoms with Crippen LogP contribution in [0.4, 0.5) is 0 Å². The summed E-state index contributed by atoms with van der Waals surface area (Å²) in [6.07, 6.45) is 4.95. The van der Waals surface area contributed by atoms with Crippen molar-refractivity contribution in [2.24, 2.45) is 7.05 Å². The molecule has 3 rings (SSSR count). The third-order valence-corrected chi connectivity index (χ3v) is 3.30. The van der Waals surface area contributed by atoms with Gasteiger partial charge in [0.1, 0.15) is 11.1 Å². The Morgan fingerprint density at radius 1 is 1.19 bits per heavy atom. The third kappa shape index (κ3) is 2.56. The fraction of sp³-hybridized carbons (Fsp3) is 0.0588. The van der Waals surface area contributed by atoms with Gasteiger partial charge >= 0.3 is 5.63 Å². The molecule has 0 unspecified atom stereocenters. The summed E-state index contributed by atoms with van der Waals surface area (Å²) in [4.78, 5) is 24.0. The number of allylic oxidation sites excluding steroid dienone is 1. The topological polar surface area (TPSA) is 52.2 Å². The molecule has 3 aromatic rings. The Morgan fingerprint density at radius 3 is 2.76 bits per heavy atom. The number of hydrogen-bond donors (Lipinski definition) is 0. The molecule has 0 radical (unpaired) electrons. The quantitative estimate of drug-likeness (QED) is 0.420. The van der Waals surface area contributed by atoms with Gasteiger partial charge in [-0.1, -0.05) is 18.2 Å². The molecule has 1 aromatic carbocycles. The minimum atomic E-state index is -0.616. The molecule has 0 spiro atoms. The molecule has 0 saturated heterocycles. The second-order valence-corrected chi connectivity index (χ2v) is 4.73. The number of benzene rings is 1. The van der Waals surface area contributed by atoms with Crippen LogP contribution >= 0.6 is 0 Å². The van der Waals surface area contributed by atoms with E-state index in [-0.39, 0.29) is 11.3 Å². The molecule has 0 bridgehead atoms. The molecule has 0 N–H and O–H groups in total. The molecule has 0 aliphatic carbocycles. The lowest BCUT2D eigenvalue weighted by Crippen LogP contribution is -2.11. The van der Waals surface area contributed by atoms with Gasteiger partial charge in [-0.2, -0.15) is 0 Å². The average molecular weight is 279 g/mol. The smallest absolute Gasteiger partial charge is 0.347 e. The summed E-state index contributed by atoms with van der Waals surface area (Å²) >= 11 is 0. The highest BCUT2D eigenvalue weighted by Crippen LogP contribution is 2.13. The summed E-state index contributed by atoms with van der Waals surface area (Å²) in [6, 6.07) is 12.4. The number of rotatable bonds is 3. The highest BCUT2D eigenvalue weighted by Gasteiger charge is 2.11. The molecule has 0 aliphatic rings. The summed E-state index contributed by atoms with van der Waals surface area (Å²) in [7, 11) is 1.88. The van der Waals surface area contributed by atoms with Crippen LogP contribution in [0.5, 0.6) is 0 Å². The van der Waals surface area contributed by atoms with Crippen LogP contribution in [-0.4, -0.2) is 10.4 Å². The highest BCUT2D eigenvalue weighted by atomic mass is 16.4. The van der Waals surface area contributed by atoms with Crippen molar-refractivity contribution in [3.05, 3.63) is 76.4 Å². The Morgan fingerprint density at radius 2 is 2.00 bits per heavy atom. The van der Waals surface area contributed by atoms with Crippen molar-refractivity contribution < 1.29 is 9.21 Å². The van der Waals surface area contributed by atoms with Gasteiger partial charge in [0.05, 0.1) is 0 Å². The lowest BCUT2D eigenvalue weighted by molar-refractivity contribution is 0.104. The Kier molecular flexibility index (Phi) is 3.28. The lowest BCUT2D eigenvalue weighted by Gasteiger charge is -1.99. The van der Waals surface area contributed by atoms with Crippen LogP contribution < -0.4 is 5.63 Å². The number of ketones is 1. The first-order valence-electron chi connectivity index (χ1n) is 6.52. The van der Waals surface area contributed by atoms with E-state index in [2.05, 4.69) is 0 Å². The molecule has 4 heteroatoms. The van der Waals surface area contributed by atoms with Crippen LogP contribution in [0.2, 0.25) is 0 Å². The van der Waals surface area contributed by atoms with Gasteiger partial charge in [0.15, 0.2) is 5.78 Å². The van der Waals surface area contributed by atoms with E-state index in [0.29, 0.717) is 5.58 Å². The van der Waals surface area contributed by atoms with Crippen molar-refractivity contribution in [3.63, 3.8) is 0 Å². The summed E-state index contributed by atoms with van der Waals surface area (Å²) in [5, 5.41) is 0.729. The maximum Gasteiger partial charge on any atom is 0.347 e. The van der Waals surface area contributed by atoms with Crippen LogP contribution in [0.15, 0.2) is 63.9 Å². The second kappa shape index (κ2) is 5.25. The first-order chi connectivity index (χ1) is 10.1. The van der Waals surface area contributed by atoms with Crippen molar-refractivity contribution >= 4 is 22.8 Å². The molecule has 2 heterocycles. The van der Waals surface area contributed by atoms with Gasteiger partial charge in [-0.05, 0) is 36.4 Å². The third-order valence-electron chi connectivity index (χ3n) is 3.30. The Balaban J connectivity index is 1.98. The highest BCUT2D eigenvalue weighted by molar-refractivity contribution is 6.07. The van der Waals surface area contributed by atoms with E-state index in [1.54, 1.807) is 30.3 Å². The molecule has 0 amide bonds. The second-order valence-electron chi connectivity index (χ2n) is 4.73. The van der Waals surface area contributed by atoms with Crippen molar-refractivity contribution in [2.45, 2.75) is 0 Å². The van der Waals surface area contributed by atoms with Crippen LogP contribution in [0.3, 0.4) is 0 Å². The molecule has 0 aliphatic heterocycles. The zero-order chi connectivity index (χ0) is 14.8. The summed E-state index contributed by atoms with van der Waals surface area (Å²) in [6.45, 7) is 0. The number of carbonyl (C=O) groups excluding carboxylic acids is 1. The van der Waals surface area contributed by atoms with E-state index in [9.17, 15) is 9.59 Å². The fourth-order valence-electron chi connectivity index (χ4n) is 2.13. The van der Waals surface area contributed by atoms with Gasteiger partial charge in [-0.25, -0.2) is 4.79 Å². The van der Waals surface area contributed by atoms with Gasteiger partial charge in [0, 0.05) is 24.3 Å². The van der Waals surface area contributed by atoms with Crippen molar-refractivity contribution in [1.29, 1.82) is 0 Å².